The second-order valence-electron chi connectivity index (χ2n) is 2.79. The normalized spacial score (nSPS) is 15.1. The molecule has 0 atom stereocenters. The average molecular weight is 170 g/mol. The first-order valence-corrected chi connectivity index (χ1v) is 3.83. The topological polar surface area (TPSA) is 33.3 Å². The number of nitrogens with zero attached hydrogens (tertiary/aromatic N) is 1. The van der Waals surface area contributed by atoms with Crippen LogP contribution in [0.4, 0.5) is 4.39 Å². The zero-order valence-electron chi connectivity index (χ0n) is 6.46. The summed E-state index contributed by atoms with van der Waals surface area (Å²) >= 11 is 0. The van der Waals surface area contributed by atoms with Gasteiger partial charge in [0.15, 0.2) is 5.82 Å². The van der Waals surface area contributed by atoms with E-state index in [1.807, 2.05) is 0 Å². The number of fused-ring (bicyclic) bond motifs is 1. The first-order valence-electron chi connectivity index (χ1n) is 3.83. The summed E-state index contributed by atoms with van der Waals surface area (Å²) in [5.74, 6) is -0.0793. The van der Waals surface area contributed by atoms with Crippen molar-refractivity contribution in [2.45, 2.75) is 12.8 Å². The van der Waals surface area contributed by atoms with E-state index in [2.05, 4.69) is 0 Å². The fourth-order valence-electron chi connectivity index (χ4n) is 1.36. The highest BCUT2D eigenvalue weighted by Crippen LogP contribution is 2.20. The van der Waals surface area contributed by atoms with Crippen LogP contribution in [-0.2, 0) is 6.42 Å². The number of hydrogen-bond acceptors (Lipinski definition) is 2. The van der Waals surface area contributed by atoms with Crippen LogP contribution in [0.1, 0.15) is 12.0 Å². The molecule has 3 nitrogen and oxygen atoms in total. The number of pyridine rings is 1. The van der Waals surface area contributed by atoms with Gasteiger partial charge in [-0.25, -0.2) is 4.39 Å². The Morgan fingerprint density at radius 3 is 3.25 bits per heavy atom. The molecule has 0 unspecified atom stereocenters. The molecule has 0 spiro atoms. The van der Waals surface area contributed by atoms with Gasteiger partial charge >= 0.3 is 5.88 Å². The van der Waals surface area contributed by atoms with Gasteiger partial charge in [0.25, 0.3) is 6.20 Å². The fourth-order valence-corrected chi connectivity index (χ4v) is 1.36. The molecule has 0 saturated carbocycles. The predicted octanol–water partition coefficient (Wildman–Crippen LogP) is 0.675. The number of aromatic nitrogens is 1. The van der Waals surface area contributed by atoms with Gasteiger partial charge in [0.1, 0.15) is 0 Å². The molecule has 0 bridgehead atoms. The molecule has 1 aromatic rings. The molecular formula is C8H9FNO2+. The zero-order valence-corrected chi connectivity index (χ0v) is 6.46. The Labute approximate surface area is 69.0 Å². The minimum absolute atomic E-state index is 0.364. The van der Waals surface area contributed by atoms with Crippen LogP contribution in [0.3, 0.4) is 0 Å². The maximum atomic E-state index is 12.7. The third kappa shape index (κ3) is 1.09. The predicted molar refractivity (Wildman–Crippen MR) is 37.6 cm³/mol. The molecule has 1 aromatic heterocycles. The van der Waals surface area contributed by atoms with Gasteiger partial charge in [-0.05, 0) is 18.9 Å². The van der Waals surface area contributed by atoms with Crippen molar-refractivity contribution in [2.75, 3.05) is 6.61 Å². The van der Waals surface area contributed by atoms with Gasteiger partial charge in [-0.2, -0.15) is 0 Å². The van der Waals surface area contributed by atoms with Gasteiger partial charge in [0.05, 0.1) is 12.2 Å². The van der Waals surface area contributed by atoms with Crippen molar-refractivity contribution in [1.82, 2.24) is 0 Å². The molecule has 0 aliphatic carbocycles. The number of aryl methyl sites for hydroxylation is 1. The van der Waals surface area contributed by atoms with Crippen LogP contribution in [0.25, 0.3) is 0 Å². The smallest absolute Gasteiger partial charge is 0.420 e. The minimum Gasteiger partial charge on any atom is -0.441 e. The largest absolute Gasteiger partial charge is 0.441 e. The van der Waals surface area contributed by atoms with Crippen LogP contribution >= 0.6 is 0 Å². The van der Waals surface area contributed by atoms with Gasteiger partial charge in [-0.1, -0.05) is 0 Å². The van der Waals surface area contributed by atoms with E-state index in [1.165, 1.54) is 6.07 Å². The highest BCUT2D eigenvalue weighted by molar-refractivity contribution is 5.23. The number of rotatable bonds is 0. The summed E-state index contributed by atoms with van der Waals surface area (Å²) in [5, 5.41) is 9.19. The van der Waals surface area contributed by atoms with E-state index in [0.717, 1.165) is 24.6 Å². The molecule has 0 amide bonds. The highest BCUT2D eigenvalue weighted by atomic mass is 19.1. The highest BCUT2D eigenvalue weighted by Gasteiger charge is 2.23. The van der Waals surface area contributed by atoms with Crippen molar-refractivity contribution >= 4 is 0 Å². The van der Waals surface area contributed by atoms with E-state index >= 15 is 0 Å². The Bertz CT molecular complexity index is 314. The quantitative estimate of drug-likeness (QED) is 0.458. The summed E-state index contributed by atoms with van der Waals surface area (Å²) in [6.07, 6.45) is 2.62. The van der Waals surface area contributed by atoms with Crippen LogP contribution in [-0.4, -0.2) is 11.8 Å². The van der Waals surface area contributed by atoms with E-state index in [1.54, 1.807) is 0 Å². The van der Waals surface area contributed by atoms with Gasteiger partial charge in [0.2, 0.25) is 0 Å². The summed E-state index contributed by atoms with van der Waals surface area (Å²) in [4.78, 5) is 0. The third-order valence-electron chi connectivity index (χ3n) is 1.87. The molecule has 64 valence electrons. The Morgan fingerprint density at radius 2 is 2.42 bits per heavy atom. The lowest BCUT2D eigenvalue weighted by atomic mass is 10.1. The standard InChI is InChI=1S/C8H9FNO2/c9-7-4-6-2-1-3-12-8(6)10(11)5-7/h4-5,11H,1-3H2/q+1. The SMILES string of the molecule is O[n+]1cc(F)cc2c1OCCC2. The molecule has 0 fully saturated rings. The van der Waals surface area contributed by atoms with Crippen LogP contribution in [0.15, 0.2) is 12.3 Å². The Kier molecular flexibility index (Phi) is 1.60. The summed E-state index contributed by atoms with van der Waals surface area (Å²) in [6, 6.07) is 1.39. The van der Waals surface area contributed by atoms with Gasteiger partial charge in [-0.15, -0.1) is 0 Å². The van der Waals surface area contributed by atoms with Crippen LogP contribution in [0.5, 0.6) is 5.88 Å². The second-order valence-corrected chi connectivity index (χ2v) is 2.79. The van der Waals surface area contributed by atoms with Gasteiger partial charge < -0.3 is 4.74 Å². The zero-order chi connectivity index (χ0) is 8.55. The van der Waals surface area contributed by atoms with Gasteiger partial charge in [-0.3, -0.25) is 5.21 Å². The number of ether oxygens (including phenoxy) is 1. The van der Waals surface area contributed by atoms with Crippen molar-refractivity contribution in [3.05, 3.63) is 23.6 Å². The summed E-state index contributed by atoms with van der Waals surface area (Å²) in [7, 11) is 0. The average Bonchev–Trinajstić information content (AvgIpc) is 2.04. The lowest BCUT2D eigenvalue weighted by molar-refractivity contribution is -0.907. The molecule has 0 aromatic carbocycles. The monoisotopic (exact) mass is 170 g/mol. The Morgan fingerprint density at radius 1 is 1.58 bits per heavy atom. The van der Waals surface area contributed by atoms with Crippen LogP contribution < -0.4 is 9.47 Å². The maximum absolute atomic E-state index is 12.7. The molecule has 12 heavy (non-hydrogen) atoms. The molecule has 2 rings (SSSR count). The second kappa shape index (κ2) is 2.62. The van der Waals surface area contributed by atoms with E-state index in [0.29, 0.717) is 17.2 Å². The van der Waals surface area contributed by atoms with E-state index in [9.17, 15) is 9.60 Å². The first kappa shape index (κ1) is 7.34. The molecule has 1 aliphatic heterocycles. The molecule has 0 radical (unpaired) electrons. The number of hydrogen-bond donors (Lipinski definition) is 1. The summed E-state index contributed by atoms with van der Waals surface area (Å²) in [6.45, 7) is 0.583. The van der Waals surface area contributed by atoms with Crippen molar-refractivity contribution in [3.63, 3.8) is 0 Å². The maximum Gasteiger partial charge on any atom is 0.420 e. The summed E-state index contributed by atoms with van der Waals surface area (Å²) in [5.41, 5.74) is 0.726. The van der Waals surface area contributed by atoms with E-state index in [-0.39, 0.29) is 0 Å². The Hall–Kier alpha value is -1.32. The van der Waals surface area contributed by atoms with Crippen molar-refractivity contribution in [1.29, 1.82) is 0 Å². The summed E-state index contributed by atoms with van der Waals surface area (Å²) < 4.78 is 18.6. The molecule has 1 N–H and O–H groups in total. The van der Waals surface area contributed by atoms with E-state index < -0.39 is 5.82 Å². The van der Waals surface area contributed by atoms with Crippen molar-refractivity contribution in [3.8, 4) is 5.88 Å². The van der Waals surface area contributed by atoms with Crippen molar-refractivity contribution in [2.24, 2.45) is 0 Å². The minimum atomic E-state index is -0.443. The lowest BCUT2D eigenvalue weighted by Gasteiger charge is -2.11. The van der Waals surface area contributed by atoms with Crippen LogP contribution in [0, 0.1) is 5.82 Å². The molecule has 2 heterocycles. The van der Waals surface area contributed by atoms with Crippen molar-refractivity contribution < 1.29 is 19.1 Å². The lowest BCUT2D eigenvalue weighted by Crippen LogP contribution is -2.35. The van der Waals surface area contributed by atoms with Crippen LogP contribution in [0.2, 0.25) is 0 Å². The van der Waals surface area contributed by atoms with E-state index in [4.69, 9.17) is 4.74 Å². The molecule has 0 saturated heterocycles. The molecule has 4 heteroatoms. The number of halogens is 1. The van der Waals surface area contributed by atoms with Gasteiger partial charge in [0, 0.05) is 4.73 Å². The molecule has 1 aliphatic rings. The third-order valence-corrected chi connectivity index (χ3v) is 1.87. The Balaban J connectivity index is 2.53. The first-order chi connectivity index (χ1) is 5.77. The fraction of sp³-hybridized carbons (Fsp3) is 0.375. The molecular weight excluding hydrogens is 161 g/mol.